The van der Waals surface area contributed by atoms with Crippen LogP contribution in [-0.2, 0) is 11.8 Å². The zero-order valence-corrected chi connectivity index (χ0v) is 15.5. The van der Waals surface area contributed by atoms with Gasteiger partial charge in [0.1, 0.15) is 5.82 Å². The second-order valence-electron chi connectivity index (χ2n) is 6.64. The lowest BCUT2D eigenvalue weighted by molar-refractivity contribution is -0.113. The summed E-state index contributed by atoms with van der Waals surface area (Å²) in [5.74, 6) is 1.92. The van der Waals surface area contributed by atoms with Gasteiger partial charge in [0.2, 0.25) is 5.91 Å². The zero-order valence-electron chi connectivity index (χ0n) is 14.7. The molecule has 1 aromatic heterocycles. The van der Waals surface area contributed by atoms with Crippen LogP contribution >= 0.6 is 11.8 Å². The smallest absolute Gasteiger partial charge is 0.234 e. The second kappa shape index (κ2) is 6.97. The molecule has 0 bridgehead atoms. The Morgan fingerprint density at radius 2 is 1.92 bits per heavy atom. The summed E-state index contributed by atoms with van der Waals surface area (Å²) in [4.78, 5) is 12.3. The number of aryl methyl sites for hydroxylation is 3. The maximum atomic E-state index is 12.3. The van der Waals surface area contributed by atoms with Crippen LogP contribution in [0.25, 0.3) is 0 Å². The predicted molar refractivity (Wildman–Crippen MR) is 97.6 cm³/mol. The minimum absolute atomic E-state index is 0.0109. The lowest BCUT2D eigenvalue weighted by atomic mass is 9.85. The van der Waals surface area contributed by atoms with Gasteiger partial charge >= 0.3 is 0 Å². The SMILES string of the molecule is Cc1cc(C)c(NC(=O)CSc2nnc(C3CCC3)n2C)c(C)c1. The second-order valence-corrected chi connectivity index (χ2v) is 7.58. The molecule has 1 N–H and O–H groups in total. The number of rotatable bonds is 5. The third-order valence-corrected chi connectivity index (χ3v) is 5.63. The van der Waals surface area contributed by atoms with E-state index in [1.165, 1.54) is 36.6 Å². The Kier molecular flexibility index (Phi) is 4.94. The molecule has 0 aliphatic heterocycles. The molecule has 6 heteroatoms. The van der Waals surface area contributed by atoms with Gasteiger partial charge in [0.15, 0.2) is 5.16 Å². The van der Waals surface area contributed by atoms with Crippen molar-refractivity contribution in [3.05, 3.63) is 34.6 Å². The third-order valence-electron chi connectivity index (χ3n) is 4.61. The number of carbonyl (C=O) groups excluding carboxylic acids is 1. The molecule has 1 heterocycles. The molecule has 0 radical (unpaired) electrons. The van der Waals surface area contributed by atoms with E-state index in [0.717, 1.165) is 27.8 Å². The molecule has 1 aliphatic rings. The summed E-state index contributed by atoms with van der Waals surface area (Å²) in [6.45, 7) is 6.11. The standard InChI is InChI=1S/C18H24N4OS/c1-11-8-12(2)16(13(3)9-11)19-15(23)10-24-18-21-20-17(22(18)4)14-6-5-7-14/h8-9,14H,5-7,10H2,1-4H3,(H,19,23). The van der Waals surface area contributed by atoms with Crippen molar-refractivity contribution >= 4 is 23.4 Å². The fraction of sp³-hybridized carbons (Fsp3) is 0.500. The van der Waals surface area contributed by atoms with Crippen LogP contribution < -0.4 is 5.32 Å². The molecule has 1 amide bonds. The highest BCUT2D eigenvalue weighted by Gasteiger charge is 2.25. The molecular formula is C18H24N4OS. The van der Waals surface area contributed by atoms with Gasteiger partial charge in [0.25, 0.3) is 0 Å². The van der Waals surface area contributed by atoms with Crippen LogP contribution in [0.1, 0.15) is 47.7 Å². The van der Waals surface area contributed by atoms with E-state index in [9.17, 15) is 4.79 Å². The maximum Gasteiger partial charge on any atom is 0.234 e. The Hall–Kier alpha value is -1.82. The van der Waals surface area contributed by atoms with E-state index in [0.29, 0.717) is 11.7 Å². The first-order valence-corrected chi connectivity index (χ1v) is 9.34. The molecule has 0 spiro atoms. The van der Waals surface area contributed by atoms with Gasteiger partial charge in [-0.15, -0.1) is 10.2 Å². The molecule has 5 nitrogen and oxygen atoms in total. The van der Waals surface area contributed by atoms with Crippen LogP contribution in [0.5, 0.6) is 0 Å². The van der Waals surface area contributed by atoms with Gasteiger partial charge in [-0.1, -0.05) is 35.9 Å². The Morgan fingerprint density at radius 1 is 1.25 bits per heavy atom. The molecule has 1 fully saturated rings. The average Bonchev–Trinajstić information content (AvgIpc) is 2.80. The summed E-state index contributed by atoms with van der Waals surface area (Å²) >= 11 is 1.44. The largest absolute Gasteiger partial charge is 0.325 e. The van der Waals surface area contributed by atoms with Crippen molar-refractivity contribution < 1.29 is 4.79 Å². The van der Waals surface area contributed by atoms with Gasteiger partial charge in [0, 0.05) is 18.7 Å². The normalized spacial score (nSPS) is 14.5. The van der Waals surface area contributed by atoms with Gasteiger partial charge in [0.05, 0.1) is 5.75 Å². The van der Waals surface area contributed by atoms with Gasteiger partial charge in [-0.2, -0.15) is 0 Å². The molecule has 2 aromatic rings. The molecule has 1 aliphatic carbocycles. The number of amides is 1. The van der Waals surface area contributed by atoms with Crippen molar-refractivity contribution in [2.45, 2.75) is 51.1 Å². The summed E-state index contributed by atoms with van der Waals surface area (Å²) in [5, 5.41) is 12.4. The molecule has 1 saturated carbocycles. The van der Waals surface area contributed by atoms with Crippen LogP contribution in [-0.4, -0.2) is 26.4 Å². The fourth-order valence-corrected chi connectivity index (χ4v) is 3.87. The summed E-state index contributed by atoms with van der Waals surface area (Å²) in [7, 11) is 1.99. The number of aromatic nitrogens is 3. The predicted octanol–water partition coefficient (Wildman–Crippen LogP) is 3.74. The van der Waals surface area contributed by atoms with Crippen LogP contribution in [0.4, 0.5) is 5.69 Å². The first-order chi connectivity index (χ1) is 11.5. The summed E-state index contributed by atoms with van der Waals surface area (Å²) in [6, 6.07) is 4.17. The number of nitrogens with one attached hydrogen (secondary N) is 1. The lowest BCUT2D eigenvalue weighted by Crippen LogP contribution is -2.17. The van der Waals surface area contributed by atoms with Crippen LogP contribution in [0, 0.1) is 20.8 Å². The van der Waals surface area contributed by atoms with Gasteiger partial charge < -0.3 is 9.88 Å². The van der Waals surface area contributed by atoms with Gasteiger partial charge in [-0.05, 0) is 44.7 Å². The topological polar surface area (TPSA) is 59.8 Å². The van der Waals surface area contributed by atoms with Crippen molar-refractivity contribution in [2.24, 2.45) is 7.05 Å². The zero-order chi connectivity index (χ0) is 17.3. The van der Waals surface area contributed by atoms with E-state index in [1.807, 2.05) is 25.5 Å². The molecule has 0 saturated heterocycles. The van der Waals surface area contributed by atoms with Crippen molar-refractivity contribution in [3.8, 4) is 0 Å². The minimum atomic E-state index is -0.0109. The first-order valence-electron chi connectivity index (χ1n) is 8.35. The highest BCUT2D eigenvalue weighted by molar-refractivity contribution is 7.99. The number of nitrogens with zero attached hydrogens (tertiary/aromatic N) is 3. The Balaban J connectivity index is 1.61. The van der Waals surface area contributed by atoms with E-state index in [1.54, 1.807) is 0 Å². The average molecular weight is 344 g/mol. The van der Waals surface area contributed by atoms with E-state index in [4.69, 9.17) is 0 Å². The van der Waals surface area contributed by atoms with Crippen LogP contribution in [0.15, 0.2) is 17.3 Å². The lowest BCUT2D eigenvalue weighted by Gasteiger charge is -2.23. The van der Waals surface area contributed by atoms with Gasteiger partial charge in [-0.3, -0.25) is 4.79 Å². The number of hydrogen-bond acceptors (Lipinski definition) is 4. The van der Waals surface area contributed by atoms with Crippen molar-refractivity contribution in [1.29, 1.82) is 0 Å². The quantitative estimate of drug-likeness (QED) is 0.840. The number of anilines is 1. The van der Waals surface area contributed by atoms with Crippen molar-refractivity contribution in [3.63, 3.8) is 0 Å². The summed E-state index contributed by atoms with van der Waals surface area (Å²) in [5.41, 5.74) is 4.31. The first kappa shape index (κ1) is 17.0. The van der Waals surface area contributed by atoms with Crippen molar-refractivity contribution in [1.82, 2.24) is 14.8 Å². The Bertz CT molecular complexity index is 741. The fourth-order valence-electron chi connectivity index (χ4n) is 3.16. The molecule has 24 heavy (non-hydrogen) atoms. The Morgan fingerprint density at radius 3 is 2.50 bits per heavy atom. The van der Waals surface area contributed by atoms with E-state index in [2.05, 4.69) is 34.6 Å². The molecule has 0 unspecified atom stereocenters. The monoisotopic (exact) mass is 344 g/mol. The molecule has 1 aromatic carbocycles. The maximum absolute atomic E-state index is 12.3. The van der Waals surface area contributed by atoms with Gasteiger partial charge in [-0.25, -0.2) is 0 Å². The minimum Gasteiger partial charge on any atom is -0.325 e. The van der Waals surface area contributed by atoms with Crippen LogP contribution in [0.2, 0.25) is 0 Å². The molecular weight excluding hydrogens is 320 g/mol. The van der Waals surface area contributed by atoms with Crippen molar-refractivity contribution in [2.75, 3.05) is 11.1 Å². The number of carbonyl (C=O) groups is 1. The van der Waals surface area contributed by atoms with E-state index in [-0.39, 0.29) is 5.91 Å². The number of benzene rings is 1. The highest BCUT2D eigenvalue weighted by atomic mass is 32.2. The molecule has 0 atom stereocenters. The number of thioether (sulfide) groups is 1. The van der Waals surface area contributed by atoms with E-state index < -0.39 is 0 Å². The Labute approximate surface area is 147 Å². The number of hydrogen-bond donors (Lipinski definition) is 1. The molecule has 128 valence electrons. The summed E-state index contributed by atoms with van der Waals surface area (Å²) < 4.78 is 2.03. The molecule has 3 rings (SSSR count). The van der Waals surface area contributed by atoms with Crippen LogP contribution in [0.3, 0.4) is 0 Å². The summed E-state index contributed by atoms with van der Waals surface area (Å²) in [6.07, 6.45) is 3.67. The van der Waals surface area contributed by atoms with E-state index >= 15 is 0 Å². The third kappa shape index (κ3) is 3.48. The highest BCUT2D eigenvalue weighted by Crippen LogP contribution is 2.36.